The lowest BCUT2D eigenvalue weighted by Gasteiger charge is -2.20. The van der Waals surface area contributed by atoms with Crippen molar-refractivity contribution in [2.45, 2.75) is 26.2 Å². The highest BCUT2D eigenvalue weighted by molar-refractivity contribution is 5.50. The predicted octanol–water partition coefficient (Wildman–Crippen LogP) is 2.10. The first-order valence-electron chi connectivity index (χ1n) is 4.08. The molecule has 0 aliphatic heterocycles. The number of hydrogen-bond donors (Lipinski definition) is 3. The molecule has 0 bridgehead atoms. The molecular weight excluding hydrogens is 170 g/mol. The summed E-state index contributed by atoms with van der Waals surface area (Å²) < 4.78 is 0. The summed E-state index contributed by atoms with van der Waals surface area (Å²) in [6.45, 7) is 5.75. The molecule has 1 aromatic carbocycles. The van der Waals surface area contributed by atoms with Gasteiger partial charge in [-0.05, 0) is 11.5 Å². The fourth-order valence-electron chi connectivity index (χ4n) is 1.17. The molecule has 3 N–H and O–H groups in total. The number of rotatable bonds is 0. The number of benzene rings is 1. The number of phenolic OH excluding ortho intramolecular Hbond substituents is 3. The summed E-state index contributed by atoms with van der Waals surface area (Å²) in [6.07, 6.45) is 0. The topological polar surface area (TPSA) is 60.7 Å². The lowest BCUT2D eigenvalue weighted by Crippen LogP contribution is -2.10. The van der Waals surface area contributed by atoms with Crippen molar-refractivity contribution in [2.75, 3.05) is 0 Å². The van der Waals surface area contributed by atoms with E-state index in [1.165, 1.54) is 6.07 Å². The van der Waals surface area contributed by atoms with Gasteiger partial charge in [-0.25, -0.2) is 0 Å². The van der Waals surface area contributed by atoms with Gasteiger partial charge in [0.2, 0.25) is 0 Å². The Morgan fingerprint density at radius 1 is 1.08 bits per heavy atom. The molecule has 0 fully saturated rings. The van der Waals surface area contributed by atoms with Crippen molar-refractivity contribution in [2.24, 2.45) is 0 Å². The van der Waals surface area contributed by atoms with Gasteiger partial charge in [0.25, 0.3) is 0 Å². The molecule has 72 valence electrons. The first-order chi connectivity index (χ1) is 5.82. The van der Waals surface area contributed by atoms with Gasteiger partial charge in [0.05, 0.1) is 0 Å². The maximum Gasteiger partial charge on any atom is 0.161 e. The highest BCUT2D eigenvalue weighted by Crippen LogP contribution is 2.38. The summed E-state index contributed by atoms with van der Waals surface area (Å²) in [4.78, 5) is 0. The Labute approximate surface area is 77.3 Å². The Morgan fingerprint density at radius 2 is 1.62 bits per heavy atom. The maximum absolute atomic E-state index is 9.48. The van der Waals surface area contributed by atoms with Crippen LogP contribution in [-0.4, -0.2) is 15.3 Å². The maximum atomic E-state index is 9.48. The molecule has 0 saturated heterocycles. The summed E-state index contributed by atoms with van der Waals surface area (Å²) in [5, 5.41) is 27.8. The molecule has 0 heterocycles. The molecule has 3 nitrogen and oxygen atoms in total. The van der Waals surface area contributed by atoms with E-state index in [1.807, 2.05) is 20.8 Å². The molecule has 1 aromatic rings. The van der Waals surface area contributed by atoms with E-state index in [2.05, 4.69) is 0 Å². The quantitative estimate of drug-likeness (QED) is 0.329. The predicted molar refractivity (Wildman–Crippen MR) is 50.1 cm³/mol. The molecular formula is C10H14O3. The van der Waals surface area contributed by atoms with Gasteiger partial charge in [-0.2, -0.15) is 0 Å². The van der Waals surface area contributed by atoms with Crippen molar-refractivity contribution in [3.05, 3.63) is 17.7 Å². The summed E-state index contributed by atoms with van der Waals surface area (Å²) in [5.74, 6) is -0.504. The fraction of sp³-hybridized carbons (Fsp3) is 0.400. The zero-order chi connectivity index (χ0) is 10.2. The molecule has 0 aliphatic carbocycles. The Hall–Kier alpha value is -1.38. The van der Waals surface area contributed by atoms with Crippen LogP contribution in [0.25, 0.3) is 0 Å². The van der Waals surface area contributed by atoms with Crippen LogP contribution in [0.15, 0.2) is 12.1 Å². The first-order valence-corrected chi connectivity index (χ1v) is 4.08. The standard InChI is InChI=1S/C10H14O3/c1-10(2,3)6-4-8(12)9(13)5-7(6)11/h4-5,11-13H,1-3H3/i12+2. The number of phenols is 3. The van der Waals surface area contributed by atoms with Crippen LogP contribution >= 0.6 is 0 Å². The van der Waals surface area contributed by atoms with Crippen molar-refractivity contribution < 1.29 is 15.3 Å². The zero-order valence-electron chi connectivity index (χ0n) is 8.00. The summed E-state index contributed by atoms with van der Waals surface area (Å²) in [7, 11) is 0. The zero-order valence-corrected chi connectivity index (χ0v) is 8.00. The Balaban J connectivity index is 3.32. The third-order valence-electron chi connectivity index (χ3n) is 1.90. The second kappa shape index (κ2) is 2.83. The van der Waals surface area contributed by atoms with Gasteiger partial charge in [-0.1, -0.05) is 20.8 Å². The Bertz CT molecular complexity index is 324. The van der Waals surface area contributed by atoms with Crippen LogP contribution in [0.3, 0.4) is 0 Å². The smallest absolute Gasteiger partial charge is 0.161 e. The number of aromatic hydroxyl groups is 3. The summed E-state index contributed by atoms with van der Waals surface area (Å²) in [5.41, 5.74) is 0.359. The van der Waals surface area contributed by atoms with Crippen LogP contribution < -0.4 is 0 Å². The van der Waals surface area contributed by atoms with E-state index < -0.39 is 0 Å². The fourth-order valence-corrected chi connectivity index (χ4v) is 1.17. The van der Waals surface area contributed by atoms with Crippen LogP contribution in [0, 0.1) is 0 Å². The van der Waals surface area contributed by atoms with Crippen LogP contribution in [0.1, 0.15) is 26.3 Å². The van der Waals surface area contributed by atoms with Gasteiger partial charge in [-0.3, -0.25) is 0 Å². The van der Waals surface area contributed by atoms with Crippen molar-refractivity contribution in [3.63, 3.8) is 0 Å². The molecule has 0 saturated carbocycles. The van der Waals surface area contributed by atoms with Gasteiger partial charge in [-0.15, -0.1) is 0 Å². The van der Waals surface area contributed by atoms with Crippen molar-refractivity contribution in [1.29, 1.82) is 0 Å². The summed E-state index contributed by atoms with van der Waals surface area (Å²) >= 11 is 0. The van der Waals surface area contributed by atoms with Crippen LogP contribution in [0.2, 0.25) is 0 Å². The lowest BCUT2D eigenvalue weighted by atomic mass is 9.86. The molecule has 0 radical (unpaired) electrons. The molecule has 0 unspecified atom stereocenters. The van der Waals surface area contributed by atoms with Gasteiger partial charge >= 0.3 is 0 Å². The van der Waals surface area contributed by atoms with Gasteiger partial charge in [0.1, 0.15) is 5.75 Å². The first kappa shape index (κ1) is 9.71. The van der Waals surface area contributed by atoms with E-state index in [9.17, 15) is 10.2 Å². The molecule has 3 heteroatoms. The van der Waals surface area contributed by atoms with E-state index in [1.54, 1.807) is 0 Å². The van der Waals surface area contributed by atoms with Gasteiger partial charge < -0.3 is 15.3 Å². The van der Waals surface area contributed by atoms with E-state index in [0.717, 1.165) is 6.07 Å². The molecule has 0 spiro atoms. The van der Waals surface area contributed by atoms with Crippen LogP contribution in [0.5, 0.6) is 17.2 Å². The van der Waals surface area contributed by atoms with E-state index >= 15 is 0 Å². The van der Waals surface area contributed by atoms with Crippen molar-refractivity contribution in [1.82, 2.24) is 0 Å². The minimum Gasteiger partial charge on any atom is -0.508 e. The average molecular weight is 184 g/mol. The third-order valence-corrected chi connectivity index (χ3v) is 1.90. The minimum atomic E-state index is -0.300. The Kier molecular flexibility index (Phi) is 2.12. The lowest BCUT2D eigenvalue weighted by molar-refractivity contribution is 0.389. The molecule has 0 amide bonds. The second-order valence-corrected chi connectivity index (χ2v) is 4.11. The van der Waals surface area contributed by atoms with Crippen LogP contribution in [0.4, 0.5) is 0 Å². The highest BCUT2D eigenvalue weighted by Gasteiger charge is 2.19. The van der Waals surface area contributed by atoms with Gasteiger partial charge in [0, 0.05) is 11.6 Å². The third kappa shape index (κ3) is 1.86. The molecule has 0 aliphatic rings. The summed E-state index contributed by atoms with van der Waals surface area (Å²) in [6, 6.07) is 2.53. The molecule has 0 atom stereocenters. The van der Waals surface area contributed by atoms with Crippen LogP contribution in [-0.2, 0) is 5.41 Å². The largest absolute Gasteiger partial charge is 0.508 e. The van der Waals surface area contributed by atoms with Crippen molar-refractivity contribution >= 4 is 0 Å². The second-order valence-electron chi connectivity index (χ2n) is 4.11. The van der Waals surface area contributed by atoms with E-state index in [-0.39, 0.29) is 22.7 Å². The molecule has 0 aromatic heterocycles. The molecule has 13 heavy (non-hydrogen) atoms. The van der Waals surface area contributed by atoms with Crippen molar-refractivity contribution in [3.8, 4) is 17.2 Å². The minimum absolute atomic E-state index is 0.00259. The molecule has 1 rings (SSSR count). The average Bonchev–Trinajstić information content (AvgIpc) is 1.94. The van der Waals surface area contributed by atoms with Gasteiger partial charge in [0.15, 0.2) is 11.5 Å². The van der Waals surface area contributed by atoms with E-state index in [4.69, 9.17) is 5.11 Å². The van der Waals surface area contributed by atoms with E-state index in [0.29, 0.717) is 5.56 Å². The highest BCUT2D eigenvalue weighted by atomic mass is 18.2. The number of hydrogen-bond acceptors (Lipinski definition) is 3. The Morgan fingerprint density at radius 3 is 2.08 bits per heavy atom. The SMILES string of the molecule is CC(C)(C)c1cc([18OH])c(O)cc1O. The normalized spacial score (nSPS) is 11.6. The monoisotopic (exact) mass is 184 g/mol.